The molecule has 156 valence electrons. The number of ether oxygens (including phenoxy) is 1. The zero-order valence-electron chi connectivity index (χ0n) is 15.2. The van der Waals surface area contributed by atoms with Gasteiger partial charge in [-0.2, -0.15) is 13.2 Å². The smallest absolute Gasteiger partial charge is 0.432 e. The molecule has 0 unspecified atom stereocenters. The summed E-state index contributed by atoms with van der Waals surface area (Å²) in [5.74, 6) is -0.104. The van der Waals surface area contributed by atoms with Gasteiger partial charge in [0.25, 0.3) is 0 Å². The van der Waals surface area contributed by atoms with Crippen LogP contribution in [0.25, 0.3) is 11.4 Å². The molecule has 2 aromatic rings. The monoisotopic (exact) mass is 413 g/mol. The molecule has 0 atom stereocenters. The Kier molecular flexibility index (Phi) is 6.01. The van der Waals surface area contributed by atoms with Gasteiger partial charge in [0.2, 0.25) is 6.41 Å². The standard InChI is InChI=1S/C17H18F3N5O4/c18-17(19,20)15-10-21-16(22-15)12-1-2-14(13(9-12)25(27)28)29-8-7-23-3-5-24(11-26)6-4-23/h1-2,9-11H,3-8H2,(H,21,22). The van der Waals surface area contributed by atoms with E-state index < -0.39 is 16.8 Å². The molecule has 1 aromatic heterocycles. The number of halogens is 3. The third-order valence-electron chi connectivity index (χ3n) is 4.53. The number of alkyl halides is 3. The molecule has 1 aliphatic rings. The highest BCUT2D eigenvalue weighted by Gasteiger charge is 2.33. The number of nitrogens with zero attached hydrogens (tertiary/aromatic N) is 4. The summed E-state index contributed by atoms with van der Waals surface area (Å²) in [5, 5.41) is 11.4. The number of piperazine rings is 1. The molecule has 0 bridgehead atoms. The van der Waals surface area contributed by atoms with Crippen LogP contribution in [0, 0.1) is 10.1 Å². The van der Waals surface area contributed by atoms with E-state index in [9.17, 15) is 28.1 Å². The highest BCUT2D eigenvalue weighted by molar-refractivity contribution is 5.63. The molecule has 9 nitrogen and oxygen atoms in total. The number of aromatic nitrogens is 2. The van der Waals surface area contributed by atoms with Gasteiger partial charge in [0, 0.05) is 44.4 Å². The van der Waals surface area contributed by atoms with Crippen LogP contribution in [0.2, 0.25) is 0 Å². The number of carbonyl (C=O) groups is 1. The number of hydrogen-bond donors (Lipinski definition) is 1. The Morgan fingerprint density at radius 2 is 2.00 bits per heavy atom. The minimum Gasteiger partial charge on any atom is -0.485 e. The number of nitro groups is 1. The lowest BCUT2D eigenvalue weighted by atomic mass is 10.2. The van der Waals surface area contributed by atoms with E-state index in [0.717, 1.165) is 12.5 Å². The van der Waals surface area contributed by atoms with E-state index in [2.05, 4.69) is 14.9 Å². The van der Waals surface area contributed by atoms with Crippen molar-refractivity contribution in [3.8, 4) is 17.1 Å². The molecule has 0 spiro atoms. The van der Waals surface area contributed by atoms with Crippen LogP contribution in [-0.4, -0.2) is 70.4 Å². The Morgan fingerprint density at radius 3 is 2.59 bits per heavy atom. The SMILES string of the molecule is O=CN1CCN(CCOc2ccc(-c3ncc(C(F)(F)F)[nH]3)cc2[N+](=O)[O-])CC1. The van der Waals surface area contributed by atoms with E-state index in [1.165, 1.54) is 12.1 Å². The molecule has 12 heteroatoms. The van der Waals surface area contributed by atoms with Crippen molar-refractivity contribution in [2.45, 2.75) is 6.18 Å². The zero-order valence-corrected chi connectivity index (χ0v) is 15.2. The second-order valence-electron chi connectivity index (χ2n) is 6.41. The zero-order chi connectivity index (χ0) is 21.0. The highest BCUT2D eigenvalue weighted by atomic mass is 19.4. The average Bonchev–Trinajstić information content (AvgIpc) is 3.19. The Labute approximate surface area is 163 Å². The maximum Gasteiger partial charge on any atom is 0.432 e. The van der Waals surface area contributed by atoms with E-state index in [-0.39, 0.29) is 29.4 Å². The molecule has 1 N–H and O–H groups in total. The van der Waals surface area contributed by atoms with Gasteiger partial charge in [-0.25, -0.2) is 4.98 Å². The van der Waals surface area contributed by atoms with Crippen molar-refractivity contribution in [1.82, 2.24) is 19.8 Å². The summed E-state index contributed by atoms with van der Waals surface area (Å²) in [6, 6.07) is 3.87. The number of H-pyrrole nitrogens is 1. The fourth-order valence-electron chi connectivity index (χ4n) is 2.92. The number of imidazole rings is 1. The third-order valence-corrected chi connectivity index (χ3v) is 4.53. The summed E-state index contributed by atoms with van der Waals surface area (Å²) in [6.45, 7) is 3.31. The van der Waals surface area contributed by atoms with Gasteiger partial charge in [0.15, 0.2) is 5.75 Å². The number of nitro benzene ring substituents is 1. The molecule has 29 heavy (non-hydrogen) atoms. The number of nitrogens with one attached hydrogen (secondary N) is 1. The predicted octanol–water partition coefficient (Wildman–Crippen LogP) is 2.16. The Bertz CT molecular complexity index is 878. The summed E-state index contributed by atoms with van der Waals surface area (Å²) in [7, 11) is 0. The van der Waals surface area contributed by atoms with Gasteiger partial charge < -0.3 is 14.6 Å². The van der Waals surface area contributed by atoms with Crippen molar-refractivity contribution >= 4 is 12.1 Å². The molecule has 1 saturated heterocycles. The first-order valence-electron chi connectivity index (χ1n) is 8.73. The topological polar surface area (TPSA) is 105 Å². The third kappa shape index (κ3) is 5.02. The molecular weight excluding hydrogens is 395 g/mol. The second kappa shape index (κ2) is 8.47. The van der Waals surface area contributed by atoms with Crippen LogP contribution >= 0.6 is 0 Å². The fourth-order valence-corrected chi connectivity index (χ4v) is 2.92. The fraction of sp³-hybridized carbons (Fsp3) is 0.412. The van der Waals surface area contributed by atoms with Crippen molar-refractivity contribution in [1.29, 1.82) is 0 Å². The van der Waals surface area contributed by atoms with Crippen LogP contribution < -0.4 is 4.74 Å². The summed E-state index contributed by atoms with van der Waals surface area (Å²) >= 11 is 0. The van der Waals surface area contributed by atoms with Gasteiger partial charge in [-0.3, -0.25) is 19.8 Å². The van der Waals surface area contributed by atoms with Gasteiger partial charge in [0.05, 0.1) is 11.1 Å². The summed E-state index contributed by atoms with van der Waals surface area (Å²) in [4.78, 5) is 30.9. The van der Waals surface area contributed by atoms with Crippen molar-refractivity contribution in [2.75, 3.05) is 39.3 Å². The number of benzene rings is 1. The molecule has 1 aromatic carbocycles. The number of aromatic amines is 1. The molecule has 3 rings (SSSR count). The maximum atomic E-state index is 12.7. The maximum absolute atomic E-state index is 12.7. The second-order valence-corrected chi connectivity index (χ2v) is 6.41. The lowest BCUT2D eigenvalue weighted by Gasteiger charge is -2.32. The van der Waals surface area contributed by atoms with E-state index in [1.807, 2.05) is 0 Å². The van der Waals surface area contributed by atoms with Gasteiger partial charge in [-0.15, -0.1) is 0 Å². The lowest BCUT2D eigenvalue weighted by Crippen LogP contribution is -2.46. The van der Waals surface area contributed by atoms with Crippen LogP contribution in [0.4, 0.5) is 18.9 Å². The first kappa shape index (κ1) is 20.6. The van der Waals surface area contributed by atoms with Crippen molar-refractivity contribution in [3.63, 3.8) is 0 Å². The summed E-state index contributed by atoms with van der Waals surface area (Å²) in [5.41, 5.74) is -1.26. The van der Waals surface area contributed by atoms with Crippen LogP contribution in [0.1, 0.15) is 5.69 Å². The summed E-state index contributed by atoms with van der Waals surface area (Å²) < 4.78 is 43.6. The van der Waals surface area contributed by atoms with Crippen molar-refractivity contribution in [3.05, 3.63) is 40.2 Å². The Hall–Kier alpha value is -3.15. The first-order valence-corrected chi connectivity index (χ1v) is 8.73. The van der Waals surface area contributed by atoms with E-state index in [1.54, 1.807) is 4.90 Å². The van der Waals surface area contributed by atoms with Gasteiger partial charge in [-0.05, 0) is 12.1 Å². The normalized spacial score (nSPS) is 15.3. The van der Waals surface area contributed by atoms with Crippen molar-refractivity contribution in [2.24, 2.45) is 0 Å². The predicted molar refractivity (Wildman–Crippen MR) is 95.3 cm³/mol. The Balaban J connectivity index is 1.66. The van der Waals surface area contributed by atoms with Crippen molar-refractivity contribution < 1.29 is 27.6 Å². The van der Waals surface area contributed by atoms with Crippen LogP contribution in [0.3, 0.4) is 0 Å². The molecule has 1 amide bonds. The first-order chi connectivity index (χ1) is 13.8. The minimum atomic E-state index is -4.59. The molecule has 0 aliphatic carbocycles. The highest BCUT2D eigenvalue weighted by Crippen LogP contribution is 2.33. The van der Waals surface area contributed by atoms with Gasteiger partial charge in [0.1, 0.15) is 18.1 Å². The van der Waals surface area contributed by atoms with E-state index >= 15 is 0 Å². The number of amides is 1. The molecule has 1 fully saturated rings. The quantitative estimate of drug-likeness (QED) is 0.424. The molecule has 2 heterocycles. The Morgan fingerprint density at radius 1 is 1.28 bits per heavy atom. The minimum absolute atomic E-state index is 0.0212. The van der Waals surface area contributed by atoms with E-state index in [4.69, 9.17) is 4.74 Å². The molecular formula is C17H18F3N5O4. The van der Waals surface area contributed by atoms with Gasteiger partial charge >= 0.3 is 11.9 Å². The largest absolute Gasteiger partial charge is 0.485 e. The lowest BCUT2D eigenvalue weighted by molar-refractivity contribution is -0.385. The van der Waals surface area contributed by atoms with Gasteiger partial charge in [-0.1, -0.05) is 0 Å². The number of rotatable bonds is 7. The van der Waals surface area contributed by atoms with Crippen LogP contribution in [0.5, 0.6) is 5.75 Å². The average molecular weight is 413 g/mol. The molecule has 1 aliphatic heterocycles. The molecule has 0 saturated carbocycles. The summed E-state index contributed by atoms with van der Waals surface area (Å²) in [6.07, 6.45) is -3.15. The number of carbonyl (C=O) groups excluding carboxylic acids is 1. The van der Waals surface area contributed by atoms with Crippen LogP contribution in [-0.2, 0) is 11.0 Å². The van der Waals surface area contributed by atoms with E-state index in [0.29, 0.717) is 38.9 Å². The molecule has 0 radical (unpaired) electrons. The number of hydrogen-bond acceptors (Lipinski definition) is 6. The van der Waals surface area contributed by atoms with Crippen LogP contribution in [0.15, 0.2) is 24.4 Å².